The van der Waals surface area contributed by atoms with Crippen LogP contribution in [0.5, 0.6) is 17.2 Å². The molecular weight excluding hydrogens is 333 g/mol. The van der Waals surface area contributed by atoms with E-state index >= 15 is 0 Å². The van der Waals surface area contributed by atoms with E-state index in [-0.39, 0.29) is 12.6 Å². The first-order valence-electron chi connectivity index (χ1n) is 9.30. The van der Waals surface area contributed by atoms with Gasteiger partial charge in [-0.15, -0.1) is 0 Å². The van der Waals surface area contributed by atoms with E-state index in [1.54, 1.807) is 12.1 Å². The quantitative estimate of drug-likeness (QED) is 0.904. The number of benzene rings is 2. The van der Waals surface area contributed by atoms with E-state index < -0.39 is 0 Å². The van der Waals surface area contributed by atoms with E-state index in [0.29, 0.717) is 30.5 Å². The molecule has 4 nitrogen and oxygen atoms in total. The zero-order valence-electron chi connectivity index (χ0n) is 14.5. The fraction of sp³-hybridized carbons (Fsp3) is 0.429. The third kappa shape index (κ3) is 2.90. The zero-order valence-corrected chi connectivity index (χ0v) is 14.5. The van der Waals surface area contributed by atoms with Crippen LogP contribution in [0.2, 0.25) is 0 Å². The van der Waals surface area contributed by atoms with Gasteiger partial charge in [0.2, 0.25) is 6.79 Å². The summed E-state index contributed by atoms with van der Waals surface area (Å²) >= 11 is 0. The van der Waals surface area contributed by atoms with Crippen molar-refractivity contribution in [3.8, 4) is 17.2 Å². The van der Waals surface area contributed by atoms with Crippen molar-refractivity contribution in [1.29, 1.82) is 0 Å². The Bertz CT molecular complexity index is 794. The predicted octanol–water partition coefficient (Wildman–Crippen LogP) is 3.86. The first-order chi connectivity index (χ1) is 12.8. The predicted molar refractivity (Wildman–Crippen MR) is 95.3 cm³/mol. The van der Waals surface area contributed by atoms with Crippen LogP contribution < -0.4 is 19.5 Å². The molecule has 5 rings (SSSR count). The number of hydrogen-bond acceptors (Lipinski definition) is 4. The Balaban J connectivity index is 1.35. The molecule has 2 bridgehead atoms. The summed E-state index contributed by atoms with van der Waals surface area (Å²) in [6.45, 7) is 0.896. The van der Waals surface area contributed by atoms with Crippen LogP contribution in [0.15, 0.2) is 42.5 Å². The summed E-state index contributed by atoms with van der Waals surface area (Å²) in [5.74, 6) is 2.87. The van der Waals surface area contributed by atoms with Crippen LogP contribution in [0.4, 0.5) is 4.39 Å². The van der Waals surface area contributed by atoms with E-state index in [0.717, 1.165) is 23.7 Å². The minimum absolute atomic E-state index is 0.182. The standard InChI is InChI=1S/C21H22FNO3/c22-14-3-1-13(2-4-14)17-9-15-5-7-19(23-15)18(17)11-24-16-6-8-20-21(10-16)26-12-25-20/h1-4,6,8,10,15,17-19,23H,5,7,9,11-12H2/t15-,17-,18?,19?/m1/s1. The van der Waals surface area contributed by atoms with Gasteiger partial charge < -0.3 is 19.5 Å². The van der Waals surface area contributed by atoms with Gasteiger partial charge in [-0.2, -0.15) is 0 Å². The summed E-state index contributed by atoms with van der Waals surface area (Å²) in [6, 6.07) is 13.7. The van der Waals surface area contributed by atoms with Gasteiger partial charge in [0, 0.05) is 24.1 Å². The smallest absolute Gasteiger partial charge is 0.231 e. The molecule has 0 spiro atoms. The normalized spacial score (nSPS) is 29.0. The second-order valence-electron chi connectivity index (χ2n) is 7.43. The van der Waals surface area contributed by atoms with E-state index in [2.05, 4.69) is 5.32 Å². The third-order valence-electron chi connectivity index (χ3n) is 5.93. The largest absolute Gasteiger partial charge is 0.493 e. The molecule has 0 amide bonds. The van der Waals surface area contributed by atoms with Crippen molar-refractivity contribution < 1.29 is 18.6 Å². The van der Waals surface area contributed by atoms with Crippen molar-refractivity contribution in [3.63, 3.8) is 0 Å². The maximum atomic E-state index is 13.3. The van der Waals surface area contributed by atoms with Gasteiger partial charge in [0.15, 0.2) is 11.5 Å². The molecule has 4 atom stereocenters. The fourth-order valence-electron chi connectivity index (χ4n) is 4.62. The number of ether oxygens (including phenoxy) is 3. The van der Waals surface area contributed by atoms with Crippen molar-refractivity contribution in [1.82, 2.24) is 5.32 Å². The van der Waals surface area contributed by atoms with Crippen molar-refractivity contribution in [2.75, 3.05) is 13.4 Å². The summed E-state index contributed by atoms with van der Waals surface area (Å²) in [4.78, 5) is 0. The number of piperidine rings is 1. The van der Waals surface area contributed by atoms with Crippen molar-refractivity contribution in [3.05, 3.63) is 53.8 Å². The van der Waals surface area contributed by atoms with Gasteiger partial charge in [-0.25, -0.2) is 4.39 Å². The van der Waals surface area contributed by atoms with Crippen molar-refractivity contribution in [2.45, 2.75) is 37.3 Å². The maximum Gasteiger partial charge on any atom is 0.231 e. The van der Waals surface area contributed by atoms with Gasteiger partial charge in [0.25, 0.3) is 0 Å². The topological polar surface area (TPSA) is 39.7 Å². The Labute approximate surface area is 152 Å². The highest BCUT2D eigenvalue weighted by atomic mass is 19.1. The number of rotatable bonds is 4. The maximum absolute atomic E-state index is 13.3. The van der Waals surface area contributed by atoms with E-state index in [1.165, 1.54) is 18.4 Å². The average Bonchev–Trinajstić information content (AvgIpc) is 3.28. The summed E-state index contributed by atoms with van der Waals surface area (Å²) < 4.78 is 30.3. The number of fused-ring (bicyclic) bond motifs is 3. The molecule has 2 aromatic rings. The van der Waals surface area contributed by atoms with Gasteiger partial charge in [-0.05, 0) is 55.0 Å². The lowest BCUT2D eigenvalue weighted by atomic mass is 9.77. The second kappa shape index (κ2) is 6.47. The minimum Gasteiger partial charge on any atom is -0.493 e. The summed E-state index contributed by atoms with van der Waals surface area (Å²) in [6.07, 6.45) is 3.47. The Morgan fingerprint density at radius 1 is 1.04 bits per heavy atom. The Hall–Kier alpha value is -2.27. The number of halogens is 1. The zero-order chi connectivity index (χ0) is 17.5. The van der Waals surface area contributed by atoms with Gasteiger partial charge >= 0.3 is 0 Å². The highest BCUT2D eigenvalue weighted by Crippen LogP contribution is 2.42. The molecule has 1 N–H and O–H groups in total. The highest BCUT2D eigenvalue weighted by molar-refractivity contribution is 5.46. The van der Waals surface area contributed by atoms with Crippen LogP contribution in [-0.4, -0.2) is 25.5 Å². The van der Waals surface area contributed by atoms with Gasteiger partial charge in [-0.1, -0.05) is 12.1 Å². The molecule has 2 saturated heterocycles. The van der Waals surface area contributed by atoms with Gasteiger partial charge in [-0.3, -0.25) is 0 Å². The van der Waals surface area contributed by atoms with Crippen LogP contribution in [0, 0.1) is 11.7 Å². The van der Waals surface area contributed by atoms with Crippen molar-refractivity contribution in [2.24, 2.45) is 5.92 Å². The number of nitrogens with one attached hydrogen (secondary N) is 1. The van der Waals surface area contributed by atoms with E-state index in [1.807, 2.05) is 30.3 Å². The molecule has 3 aliphatic heterocycles. The lowest BCUT2D eigenvalue weighted by Gasteiger charge is -2.38. The highest BCUT2D eigenvalue weighted by Gasteiger charge is 2.42. The molecular formula is C21H22FNO3. The lowest BCUT2D eigenvalue weighted by molar-refractivity contribution is 0.158. The molecule has 2 fully saturated rings. The summed E-state index contributed by atoms with van der Waals surface area (Å²) in [5.41, 5.74) is 1.21. The van der Waals surface area contributed by atoms with Crippen LogP contribution in [0.1, 0.15) is 30.7 Å². The summed E-state index contributed by atoms with van der Waals surface area (Å²) in [5, 5.41) is 3.73. The third-order valence-corrected chi connectivity index (χ3v) is 5.93. The second-order valence-corrected chi connectivity index (χ2v) is 7.43. The molecule has 0 radical (unpaired) electrons. The molecule has 3 heterocycles. The SMILES string of the molecule is Fc1ccc([C@H]2C[C@H]3CCC(N3)C2COc2ccc3c(c2)OCO3)cc1. The van der Waals surface area contributed by atoms with E-state index in [9.17, 15) is 4.39 Å². The molecule has 3 aliphatic rings. The van der Waals surface area contributed by atoms with Gasteiger partial charge in [0.05, 0.1) is 6.61 Å². The average molecular weight is 355 g/mol. The summed E-state index contributed by atoms with van der Waals surface area (Å²) in [7, 11) is 0. The van der Waals surface area contributed by atoms with Crippen molar-refractivity contribution >= 4 is 0 Å². The number of hydrogen-bond donors (Lipinski definition) is 1. The molecule has 2 aromatic carbocycles. The van der Waals surface area contributed by atoms with Gasteiger partial charge in [0.1, 0.15) is 11.6 Å². The molecule has 0 aromatic heterocycles. The Morgan fingerprint density at radius 3 is 2.77 bits per heavy atom. The van der Waals surface area contributed by atoms with Crippen LogP contribution in [0.3, 0.4) is 0 Å². The van der Waals surface area contributed by atoms with Crippen LogP contribution >= 0.6 is 0 Å². The van der Waals surface area contributed by atoms with Crippen LogP contribution in [0.25, 0.3) is 0 Å². The van der Waals surface area contributed by atoms with Crippen LogP contribution in [-0.2, 0) is 0 Å². The first kappa shape index (κ1) is 15.9. The lowest BCUT2D eigenvalue weighted by Crippen LogP contribution is -2.46. The Kier molecular flexibility index (Phi) is 3.97. The molecule has 136 valence electrons. The minimum atomic E-state index is -0.182. The monoisotopic (exact) mass is 355 g/mol. The molecule has 0 saturated carbocycles. The van der Waals surface area contributed by atoms with E-state index in [4.69, 9.17) is 14.2 Å². The Morgan fingerprint density at radius 2 is 1.88 bits per heavy atom. The molecule has 26 heavy (non-hydrogen) atoms. The molecule has 0 aliphatic carbocycles. The fourth-order valence-corrected chi connectivity index (χ4v) is 4.62. The molecule has 5 heteroatoms. The molecule has 2 unspecified atom stereocenters. The first-order valence-corrected chi connectivity index (χ1v) is 9.30.